The quantitative estimate of drug-likeness (QED) is 0.854. The monoisotopic (exact) mass is 318 g/mol. The fourth-order valence-corrected chi connectivity index (χ4v) is 2.49. The van der Waals surface area contributed by atoms with Gasteiger partial charge in [0, 0.05) is 10.6 Å². The van der Waals surface area contributed by atoms with Gasteiger partial charge >= 0.3 is 0 Å². The number of hydrogen-bond donors (Lipinski definition) is 1. The van der Waals surface area contributed by atoms with Crippen molar-refractivity contribution < 1.29 is 13.6 Å². The number of anilines is 1. The molecule has 0 saturated carbocycles. The number of hydrogen-bond acceptors (Lipinski definition) is 3. The summed E-state index contributed by atoms with van der Waals surface area (Å²) in [5.41, 5.74) is 1.45. The first-order valence-electron chi connectivity index (χ1n) is 6.42. The fourth-order valence-electron chi connectivity index (χ4n) is 1.73. The fraction of sp³-hybridized carbons (Fsp3) is 0.125. The number of rotatable bonds is 5. The van der Waals surface area contributed by atoms with Gasteiger partial charge < -0.3 is 5.32 Å². The molecule has 1 N–H and O–H groups in total. The van der Waals surface area contributed by atoms with Gasteiger partial charge in [-0.1, -0.05) is 12.1 Å². The molecule has 2 aromatic rings. The molecule has 0 unspecified atom stereocenters. The third-order valence-electron chi connectivity index (χ3n) is 2.77. The van der Waals surface area contributed by atoms with Crippen LogP contribution in [-0.4, -0.2) is 11.7 Å². The Labute approximate surface area is 131 Å². The van der Waals surface area contributed by atoms with Crippen molar-refractivity contribution in [2.45, 2.75) is 11.3 Å². The molecule has 0 fully saturated rings. The van der Waals surface area contributed by atoms with Crippen LogP contribution in [0.1, 0.15) is 5.56 Å². The van der Waals surface area contributed by atoms with Gasteiger partial charge in [0.15, 0.2) is 0 Å². The minimum atomic E-state index is -0.556. The van der Waals surface area contributed by atoms with Crippen molar-refractivity contribution in [1.82, 2.24) is 0 Å². The second-order valence-electron chi connectivity index (χ2n) is 4.44. The van der Waals surface area contributed by atoms with Gasteiger partial charge in [-0.2, -0.15) is 5.26 Å². The van der Waals surface area contributed by atoms with E-state index in [9.17, 15) is 13.6 Å². The first-order chi connectivity index (χ1) is 10.6. The average Bonchev–Trinajstić information content (AvgIpc) is 2.50. The van der Waals surface area contributed by atoms with Crippen LogP contribution in [0.5, 0.6) is 0 Å². The van der Waals surface area contributed by atoms with E-state index in [1.54, 1.807) is 24.3 Å². The number of halogens is 2. The third-order valence-corrected chi connectivity index (χ3v) is 3.80. The summed E-state index contributed by atoms with van der Waals surface area (Å²) < 4.78 is 26.4. The van der Waals surface area contributed by atoms with Crippen molar-refractivity contribution in [3.8, 4) is 6.07 Å². The molecular weight excluding hydrogens is 306 g/mol. The summed E-state index contributed by atoms with van der Waals surface area (Å²) in [5, 5.41) is 11.2. The lowest BCUT2D eigenvalue weighted by Gasteiger charge is -2.06. The Morgan fingerprint density at radius 3 is 2.59 bits per heavy atom. The van der Waals surface area contributed by atoms with Crippen LogP contribution < -0.4 is 5.32 Å². The molecule has 22 heavy (non-hydrogen) atoms. The SMILES string of the molecule is N#CCc1ccc(NC(=O)CSc2cc(F)ccc2F)cc1. The summed E-state index contributed by atoms with van der Waals surface area (Å²) in [7, 11) is 0. The number of nitrogens with one attached hydrogen (secondary N) is 1. The lowest BCUT2D eigenvalue weighted by Crippen LogP contribution is -2.14. The smallest absolute Gasteiger partial charge is 0.234 e. The van der Waals surface area contributed by atoms with E-state index in [2.05, 4.69) is 5.32 Å². The first kappa shape index (κ1) is 16.0. The van der Waals surface area contributed by atoms with Gasteiger partial charge in [0.25, 0.3) is 0 Å². The Kier molecular flexibility index (Phi) is 5.50. The highest BCUT2D eigenvalue weighted by Crippen LogP contribution is 2.22. The first-order valence-corrected chi connectivity index (χ1v) is 7.40. The number of carbonyl (C=O) groups is 1. The number of carbonyl (C=O) groups excluding carboxylic acids is 1. The molecule has 0 bridgehead atoms. The summed E-state index contributed by atoms with van der Waals surface area (Å²) >= 11 is 0.930. The maximum atomic E-state index is 13.4. The molecule has 0 saturated heterocycles. The van der Waals surface area contributed by atoms with Crippen LogP contribution in [0, 0.1) is 23.0 Å². The number of benzene rings is 2. The summed E-state index contributed by atoms with van der Waals surface area (Å²) in [5.74, 6) is -1.44. The zero-order valence-corrected chi connectivity index (χ0v) is 12.3. The maximum Gasteiger partial charge on any atom is 0.234 e. The van der Waals surface area contributed by atoms with Gasteiger partial charge in [-0.25, -0.2) is 8.78 Å². The van der Waals surface area contributed by atoms with E-state index in [0.717, 1.165) is 35.5 Å². The molecule has 2 rings (SSSR count). The molecule has 0 aliphatic rings. The highest BCUT2D eigenvalue weighted by Gasteiger charge is 2.08. The molecule has 6 heteroatoms. The molecule has 112 valence electrons. The molecule has 0 spiro atoms. The van der Waals surface area contributed by atoms with E-state index in [1.165, 1.54) is 0 Å². The van der Waals surface area contributed by atoms with Crippen LogP contribution >= 0.6 is 11.8 Å². The molecule has 3 nitrogen and oxygen atoms in total. The summed E-state index contributed by atoms with van der Waals surface area (Å²) in [4.78, 5) is 11.9. The van der Waals surface area contributed by atoms with Crippen LogP contribution in [0.15, 0.2) is 47.4 Å². The Morgan fingerprint density at radius 1 is 1.18 bits per heavy atom. The van der Waals surface area contributed by atoms with Crippen LogP contribution in [0.25, 0.3) is 0 Å². The molecule has 0 aliphatic heterocycles. The van der Waals surface area contributed by atoms with E-state index >= 15 is 0 Å². The van der Waals surface area contributed by atoms with Gasteiger partial charge in [-0.3, -0.25) is 4.79 Å². The van der Waals surface area contributed by atoms with Crippen molar-refractivity contribution in [3.05, 3.63) is 59.7 Å². The summed E-state index contributed by atoms with van der Waals surface area (Å²) in [6, 6.07) is 12.0. The predicted molar refractivity (Wildman–Crippen MR) is 81.5 cm³/mol. The Balaban J connectivity index is 1.90. The number of nitriles is 1. The summed E-state index contributed by atoms with van der Waals surface area (Å²) in [6.45, 7) is 0. The highest BCUT2D eigenvalue weighted by molar-refractivity contribution is 8.00. The average molecular weight is 318 g/mol. The van der Waals surface area contributed by atoms with E-state index in [4.69, 9.17) is 5.26 Å². The van der Waals surface area contributed by atoms with Gasteiger partial charge in [0.05, 0.1) is 18.2 Å². The standard InChI is InChI=1S/C16H12F2N2OS/c17-12-3-6-14(18)15(9-12)22-10-16(21)20-13-4-1-11(2-5-13)7-8-19/h1-6,9H,7,10H2,(H,20,21). The van der Waals surface area contributed by atoms with Crippen molar-refractivity contribution >= 4 is 23.4 Å². The third kappa shape index (κ3) is 4.57. The topological polar surface area (TPSA) is 52.9 Å². The van der Waals surface area contributed by atoms with Gasteiger partial charge in [0.1, 0.15) is 11.6 Å². The molecule has 0 heterocycles. The van der Waals surface area contributed by atoms with Crippen molar-refractivity contribution in [3.63, 3.8) is 0 Å². The van der Waals surface area contributed by atoms with Crippen molar-refractivity contribution in [2.75, 3.05) is 11.1 Å². The number of nitrogens with zero attached hydrogens (tertiary/aromatic N) is 1. The van der Waals surface area contributed by atoms with E-state index in [0.29, 0.717) is 12.1 Å². The molecule has 0 radical (unpaired) electrons. The van der Waals surface area contributed by atoms with Crippen LogP contribution in [-0.2, 0) is 11.2 Å². The van der Waals surface area contributed by atoms with Crippen LogP contribution in [0.2, 0.25) is 0 Å². The molecule has 0 aliphatic carbocycles. The zero-order valence-electron chi connectivity index (χ0n) is 11.5. The number of thioether (sulfide) groups is 1. The van der Waals surface area contributed by atoms with E-state index in [1.807, 2.05) is 6.07 Å². The lowest BCUT2D eigenvalue weighted by molar-refractivity contribution is -0.113. The second-order valence-corrected chi connectivity index (χ2v) is 5.46. The maximum absolute atomic E-state index is 13.4. The normalized spacial score (nSPS) is 10.0. The largest absolute Gasteiger partial charge is 0.325 e. The summed E-state index contributed by atoms with van der Waals surface area (Å²) in [6.07, 6.45) is 0.308. The zero-order chi connectivity index (χ0) is 15.9. The van der Waals surface area contributed by atoms with Gasteiger partial charge in [-0.05, 0) is 35.9 Å². The Hall–Kier alpha value is -2.39. The van der Waals surface area contributed by atoms with Crippen LogP contribution in [0.3, 0.4) is 0 Å². The Morgan fingerprint density at radius 2 is 1.91 bits per heavy atom. The molecule has 1 amide bonds. The second kappa shape index (κ2) is 7.57. The molecule has 2 aromatic carbocycles. The molecule has 0 aromatic heterocycles. The van der Waals surface area contributed by atoms with Crippen molar-refractivity contribution in [2.24, 2.45) is 0 Å². The molecular formula is C16H12F2N2OS. The Bertz CT molecular complexity index is 711. The van der Waals surface area contributed by atoms with E-state index < -0.39 is 11.6 Å². The minimum absolute atomic E-state index is 0.0275. The van der Waals surface area contributed by atoms with E-state index in [-0.39, 0.29) is 16.6 Å². The minimum Gasteiger partial charge on any atom is -0.325 e. The highest BCUT2D eigenvalue weighted by atomic mass is 32.2. The van der Waals surface area contributed by atoms with Gasteiger partial charge in [0.2, 0.25) is 5.91 Å². The molecule has 0 atom stereocenters. The van der Waals surface area contributed by atoms with Crippen molar-refractivity contribution in [1.29, 1.82) is 5.26 Å². The lowest BCUT2D eigenvalue weighted by atomic mass is 10.1. The number of amides is 1. The van der Waals surface area contributed by atoms with Gasteiger partial charge in [-0.15, -0.1) is 11.8 Å². The van der Waals surface area contributed by atoms with Crippen LogP contribution in [0.4, 0.5) is 14.5 Å². The predicted octanol–water partition coefficient (Wildman–Crippen LogP) is 3.76.